The van der Waals surface area contributed by atoms with E-state index in [0.29, 0.717) is 5.56 Å². The van der Waals surface area contributed by atoms with Crippen molar-refractivity contribution in [3.8, 4) is 0 Å². The molecule has 2 atom stereocenters. The largest absolute Gasteiger partial charge is 0.387 e. The number of hydrogen-bond acceptors (Lipinski definition) is 3. The second kappa shape index (κ2) is 3.15. The number of nitrogens with two attached hydrogens (primary N) is 1. The maximum atomic E-state index is 10.5. The van der Waals surface area contributed by atoms with Crippen molar-refractivity contribution < 1.29 is 5.11 Å². The second-order valence-electron chi connectivity index (χ2n) is 2.86. The van der Waals surface area contributed by atoms with E-state index in [0.717, 1.165) is 12.8 Å². The summed E-state index contributed by atoms with van der Waals surface area (Å²) in [6.45, 7) is 2.00. The summed E-state index contributed by atoms with van der Waals surface area (Å²) in [5, 5.41) is 9.34. The van der Waals surface area contributed by atoms with Gasteiger partial charge >= 0.3 is 0 Å². The highest BCUT2D eigenvalue weighted by Gasteiger charge is 2.23. The monoisotopic (exact) mass is 155 g/mol. The lowest BCUT2D eigenvalue weighted by Gasteiger charge is -2.13. The molecule has 11 heavy (non-hydrogen) atoms. The van der Waals surface area contributed by atoms with E-state index < -0.39 is 6.10 Å². The molecule has 0 saturated carbocycles. The van der Waals surface area contributed by atoms with Gasteiger partial charge in [0.05, 0.1) is 6.10 Å². The summed E-state index contributed by atoms with van der Waals surface area (Å²) in [7, 11) is 0. The van der Waals surface area contributed by atoms with Crippen molar-refractivity contribution in [3.63, 3.8) is 0 Å². The minimum Gasteiger partial charge on any atom is -0.387 e. The van der Waals surface area contributed by atoms with Crippen LogP contribution in [-0.2, 0) is 0 Å². The molecule has 0 aromatic heterocycles. The number of aliphatic hydroxyl groups is 1. The molecule has 3 heteroatoms. The summed E-state index contributed by atoms with van der Waals surface area (Å²) >= 11 is 0. The van der Waals surface area contributed by atoms with Crippen molar-refractivity contribution in [2.45, 2.75) is 31.9 Å². The lowest BCUT2D eigenvalue weighted by atomic mass is 10.1. The van der Waals surface area contributed by atoms with Crippen LogP contribution in [0.5, 0.6) is 0 Å². The zero-order valence-electron chi connectivity index (χ0n) is 6.58. The van der Waals surface area contributed by atoms with Gasteiger partial charge in [-0.2, -0.15) is 0 Å². The molecule has 1 aromatic rings. The first-order valence-electron chi connectivity index (χ1n) is 3.86. The lowest BCUT2D eigenvalue weighted by molar-refractivity contribution is 0.144. The second-order valence-corrected chi connectivity index (χ2v) is 2.86. The van der Waals surface area contributed by atoms with E-state index in [2.05, 4.69) is 0 Å². The first-order chi connectivity index (χ1) is 5.16. The zero-order valence-corrected chi connectivity index (χ0v) is 6.58. The van der Waals surface area contributed by atoms with Crippen LogP contribution in [-0.4, -0.2) is 11.1 Å². The molecule has 3 N–H and O–H groups in total. The Kier molecular flexibility index (Phi) is 2.42. The van der Waals surface area contributed by atoms with E-state index in [1.807, 2.05) is 6.92 Å². The van der Waals surface area contributed by atoms with Gasteiger partial charge in [0, 0.05) is 11.6 Å². The van der Waals surface area contributed by atoms with Crippen LogP contribution in [0.3, 0.4) is 0 Å². The molecular formula is C8H13NO2. The maximum Gasteiger partial charge on any atom is 0.185 e. The number of aliphatic hydroxyl groups excluding tert-OH is 1. The third kappa shape index (κ3) is 1.88. The van der Waals surface area contributed by atoms with Crippen LogP contribution >= 0.6 is 0 Å². The van der Waals surface area contributed by atoms with Crippen LogP contribution < -0.4 is 11.2 Å². The molecule has 0 fully saturated rings. The van der Waals surface area contributed by atoms with E-state index in [1.54, 1.807) is 0 Å². The predicted octanol–water partition coefficient (Wildman–Crippen LogP) is 0.0832. The summed E-state index contributed by atoms with van der Waals surface area (Å²) < 4.78 is 0. The standard InChI is InChI=1S/C8H13NO2/c1-2-3-6(9)8(11)5-4-7(5)10/h4,6,8,11H,2-3,9H2,1H3. The Morgan fingerprint density at radius 2 is 2.27 bits per heavy atom. The van der Waals surface area contributed by atoms with Gasteiger partial charge in [-0.3, -0.25) is 4.79 Å². The average molecular weight is 155 g/mol. The van der Waals surface area contributed by atoms with Gasteiger partial charge in [0.25, 0.3) is 0 Å². The number of rotatable bonds is 4. The number of hydrogen-bond donors (Lipinski definition) is 2. The van der Waals surface area contributed by atoms with E-state index >= 15 is 0 Å². The van der Waals surface area contributed by atoms with Gasteiger partial charge < -0.3 is 10.8 Å². The fourth-order valence-electron chi connectivity index (χ4n) is 1.06. The Morgan fingerprint density at radius 3 is 2.64 bits per heavy atom. The van der Waals surface area contributed by atoms with Gasteiger partial charge in [-0.25, -0.2) is 0 Å². The minimum absolute atomic E-state index is 0.0518. The molecule has 0 bridgehead atoms. The molecule has 3 nitrogen and oxygen atoms in total. The van der Waals surface area contributed by atoms with Crippen molar-refractivity contribution in [2.24, 2.45) is 5.73 Å². The van der Waals surface area contributed by atoms with Crippen LogP contribution in [0.1, 0.15) is 31.4 Å². The van der Waals surface area contributed by atoms with Gasteiger partial charge in [-0.1, -0.05) is 13.3 Å². The summed E-state index contributed by atoms with van der Waals surface area (Å²) in [4.78, 5) is 10.5. The molecule has 0 aliphatic rings. The molecule has 1 aromatic carbocycles. The maximum absolute atomic E-state index is 10.5. The Morgan fingerprint density at radius 1 is 1.73 bits per heavy atom. The normalized spacial score (nSPS) is 17.0. The van der Waals surface area contributed by atoms with E-state index in [9.17, 15) is 9.90 Å². The van der Waals surface area contributed by atoms with Gasteiger partial charge in [0.2, 0.25) is 0 Å². The highest BCUT2D eigenvalue weighted by Crippen LogP contribution is 2.17. The third-order valence-electron chi connectivity index (χ3n) is 1.83. The van der Waals surface area contributed by atoms with Crippen molar-refractivity contribution in [2.75, 3.05) is 0 Å². The molecule has 0 aliphatic carbocycles. The highest BCUT2D eigenvalue weighted by atomic mass is 16.3. The summed E-state index contributed by atoms with van der Waals surface area (Å²) in [5.41, 5.74) is 6.03. The first kappa shape index (κ1) is 8.43. The molecule has 2 unspecified atom stereocenters. The lowest BCUT2D eigenvalue weighted by Crippen LogP contribution is -2.27. The first-order valence-corrected chi connectivity index (χ1v) is 3.86. The molecule has 62 valence electrons. The molecule has 1 rings (SSSR count). The Balaban J connectivity index is 2.42. The molecule has 0 amide bonds. The summed E-state index contributed by atoms with van der Waals surface area (Å²) in [5.74, 6) is 0. The van der Waals surface area contributed by atoms with Gasteiger partial charge in [-0.05, 0) is 12.5 Å². The fraction of sp³-hybridized carbons (Fsp3) is 0.625. The van der Waals surface area contributed by atoms with E-state index in [-0.39, 0.29) is 11.5 Å². The topological polar surface area (TPSA) is 63.3 Å². The van der Waals surface area contributed by atoms with Crippen LogP contribution in [0.2, 0.25) is 0 Å². The van der Waals surface area contributed by atoms with Crippen molar-refractivity contribution in [1.29, 1.82) is 0 Å². The quantitative estimate of drug-likeness (QED) is 0.647. The molecule has 0 saturated heterocycles. The fourth-order valence-corrected chi connectivity index (χ4v) is 1.06. The molecule has 0 heterocycles. The van der Waals surface area contributed by atoms with Gasteiger partial charge in [0.1, 0.15) is 0 Å². The van der Waals surface area contributed by atoms with E-state index in [1.165, 1.54) is 6.07 Å². The minimum atomic E-state index is -0.734. The third-order valence-corrected chi connectivity index (χ3v) is 1.83. The van der Waals surface area contributed by atoms with Crippen LogP contribution in [0.25, 0.3) is 0 Å². The Bertz CT molecular complexity index is 237. The Hall–Kier alpha value is -0.670. The SMILES string of the molecule is CCCC(N)C(O)c1cc1=O. The molecule has 0 aliphatic heterocycles. The summed E-state index contributed by atoms with van der Waals surface area (Å²) in [6.07, 6.45) is 0.952. The van der Waals surface area contributed by atoms with Gasteiger partial charge in [0.15, 0.2) is 5.43 Å². The average Bonchev–Trinajstić information content (AvgIpc) is 2.66. The smallest absolute Gasteiger partial charge is 0.185 e. The van der Waals surface area contributed by atoms with Gasteiger partial charge in [-0.15, -0.1) is 0 Å². The van der Waals surface area contributed by atoms with Crippen LogP contribution in [0.4, 0.5) is 0 Å². The predicted molar refractivity (Wildman–Crippen MR) is 42.9 cm³/mol. The van der Waals surface area contributed by atoms with Crippen molar-refractivity contribution in [1.82, 2.24) is 0 Å². The van der Waals surface area contributed by atoms with Crippen molar-refractivity contribution >= 4 is 0 Å². The molecule has 0 spiro atoms. The van der Waals surface area contributed by atoms with Crippen molar-refractivity contribution in [3.05, 3.63) is 21.9 Å². The Labute approximate surface area is 65.5 Å². The van der Waals surface area contributed by atoms with Crippen LogP contribution in [0, 0.1) is 0 Å². The zero-order chi connectivity index (χ0) is 8.43. The summed E-state index contributed by atoms with van der Waals surface area (Å²) in [6, 6.07) is 1.15. The van der Waals surface area contributed by atoms with E-state index in [4.69, 9.17) is 5.73 Å². The van der Waals surface area contributed by atoms with Crippen LogP contribution in [0.15, 0.2) is 10.9 Å². The molecular weight excluding hydrogens is 142 g/mol. The highest BCUT2D eigenvalue weighted by molar-refractivity contribution is 5.27. The molecule has 0 radical (unpaired) electrons.